The van der Waals surface area contributed by atoms with Crippen LogP contribution in [0, 0.1) is 6.92 Å². The van der Waals surface area contributed by atoms with Crippen LogP contribution >= 0.6 is 0 Å². The molecule has 0 atom stereocenters. The first-order chi connectivity index (χ1) is 4.33. The Morgan fingerprint density at radius 2 is 1.60 bits per heavy atom. The van der Waals surface area contributed by atoms with Crippen molar-refractivity contribution in [1.29, 1.82) is 0 Å². The van der Waals surface area contributed by atoms with E-state index in [4.69, 9.17) is 0 Å². The van der Waals surface area contributed by atoms with Crippen molar-refractivity contribution < 1.29 is 58.2 Å². The fourth-order valence-electron chi connectivity index (χ4n) is 0.694. The van der Waals surface area contributed by atoms with E-state index >= 15 is 0 Å². The minimum atomic E-state index is 0. The third kappa shape index (κ3) is 3.29. The molecule has 2 heteroatoms. The first kappa shape index (κ1) is 10.8. The maximum atomic E-state index is 4.01. The average Bonchev–Trinajstić information content (AvgIpc) is 1.90. The SMILES string of the molecule is C[N-]c1ccc(C)cc1.[Rb+]. The molecule has 48 valence electrons. The molecule has 1 rings (SSSR count). The van der Waals surface area contributed by atoms with Crippen LogP contribution in [0.5, 0.6) is 0 Å². The Hall–Kier alpha value is 0.825. The van der Waals surface area contributed by atoms with Gasteiger partial charge in [0.05, 0.1) is 0 Å². The summed E-state index contributed by atoms with van der Waals surface area (Å²) in [6.45, 7) is 2.07. The Balaban J connectivity index is 0.000000810. The van der Waals surface area contributed by atoms with E-state index in [1.807, 2.05) is 12.1 Å². The summed E-state index contributed by atoms with van der Waals surface area (Å²) in [4.78, 5) is 0. The monoisotopic (exact) mass is 205 g/mol. The Morgan fingerprint density at radius 1 is 1.10 bits per heavy atom. The van der Waals surface area contributed by atoms with Gasteiger partial charge in [0, 0.05) is 0 Å². The van der Waals surface area contributed by atoms with Gasteiger partial charge in [-0.25, -0.2) is 0 Å². The van der Waals surface area contributed by atoms with Gasteiger partial charge < -0.3 is 5.32 Å². The van der Waals surface area contributed by atoms with Crippen LogP contribution in [0.1, 0.15) is 5.56 Å². The number of hydrogen-bond donors (Lipinski definition) is 0. The van der Waals surface area contributed by atoms with Crippen molar-refractivity contribution in [2.75, 3.05) is 7.05 Å². The van der Waals surface area contributed by atoms with Gasteiger partial charge in [-0.1, -0.05) is 29.8 Å². The zero-order chi connectivity index (χ0) is 6.69. The summed E-state index contributed by atoms with van der Waals surface area (Å²) in [7, 11) is 1.80. The second-order valence-electron chi connectivity index (χ2n) is 2.06. The molecule has 0 aliphatic carbocycles. The van der Waals surface area contributed by atoms with Crippen molar-refractivity contribution in [1.82, 2.24) is 0 Å². The normalized spacial score (nSPS) is 8.20. The molecule has 0 fully saturated rings. The largest absolute Gasteiger partial charge is 1.00 e. The van der Waals surface area contributed by atoms with E-state index in [1.165, 1.54) is 5.56 Å². The van der Waals surface area contributed by atoms with E-state index in [-0.39, 0.29) is 58.2 Å². The quantitative estimate of drug-likeness (QED) is 0.595. The molecule has 0 amide bonds. The zero-order valence-electron chi connectivity index (χ0n) is 6.76. The third-order valence-corrected chi connectivity index (χ3v) is 1.29. The van der Waals surface area contributed by atoms with Gasteiger partial charge in [-0.15, -0.1) is 12.7 Å². The van der Waals surface area contributed by atoms with Crippen LogP contribution in [-0.4, -0.2) is 7.05 Å². The molecule has 0 radical (unpaired) electrons. The van der Waals surface area contributed by atoms with Gasteiger partial charge in [0.25, 0.3) is 0 Å². The molecule has 1 aromatic rings. The first-order valence-electron chi connectivity index (χ1n) is 2.99. The van der Waals surface area contributed by atoms with Gasteiger partial charge in [-0.05, 0) is 6.92 Å². The molecule has 0 saturated heterocycles. The molecular formula is C8H10NRb. The molecule has 0 bridgehead atoms. The Kier molecular flexibility index (Phi) is 5.92. The van der Waals surface area contributed by atoms with Crippen molar-refractivity contribution in [3.8, 4) is 0 Å². The molecule has 1 nitrogen and oxygen atoms in total. The zero-order valence-corrected chi connectivity index (χ0v) is 11.7. The van der Waals surface area contributed by atoms with Crippen LogP contribution in [0.3, 0.4) is 0 Å². The fraction of sp³-hybridized carbons (Fsp3) is 0.250. The van der Waals surface area contributed by atoms with Crippen LogP contribution in [0.15, 0.2) is 24.3 Å². The minimum Gasteiger partial charge on any atom is -0.687 e. The smallest absolute Gasteiger partial charge is 0.687 e. The molecule has 0 spiro atoms. The standard InChI is InChI=1S/C8H10N.Rb/c1-7-3-5-8(9-2)6-4-7;/h3-6H,1-2H3;/q-1;+1. The van der Waals surface area contributed by atoms with E-state index in [2.05, 4.69) is 24.4 Å². The first-order valence-corrected chi connectivity index (χ1v) is 2.99. The molecule has 0 aliphatic rings. The minimum absolute atomic E-state index is 0. The average molecular weight is 206 g/mol. The van der Waals surface area contributed by atoms with Gasteiger partial charge in [-0.2, -0.15) is 0 Å². The van der Waals surface area contributed by atoms with Crippen molar-refractivity contribution in [3.05, 3.63) is 35.1 Å². The van der Waals surface area contributed by atoms with Gasteiger partial charge in [0.15, 0.2) is 0 Å². The van der Waals surface area contributed by atoms with E-state index in [0.29, 0.717) is 0 Å². The van der Waals surface area contributed by atoms with E-state index in [0.717, 1.165) is 5.69 Å². The summed E-state index contributed by atoms with van der Waals surface area (Å²) < 4.78 is 0. The van der Waals surface area contributed by atoms with Crippen LogP contribution < -0.4 is 58.2 Å². The van der Waals surface area contributed by atoms with Crippen molar-refractivity contribution in [2.45, 2.75) is 6.92 Å². The summed E-state index contributed by atoms with van der Waals surface area (Å²) in [5, 5.41) is 4.01. The predicted octanol–water partition coefficient (Wildman–Crippen LogP) is -0.366. The molecule has 1 aromatic carbocycles. The second-order valence-corrected chi connectivity index (χ2v) is 2.06. The molecule has 0 aromatic heterocycles. The van der Waals surface area contributed by atoms with Gasteiger partial charge in [-0.3, -0.25) is 0 Å². The number of hydrogen-bond acceptors (Lipinski definition) is 0. The van der Waals surface area contributed by atoms with Gasteiger partial charge in [0.1, 0.15) is 0 Å². The van der Waals surface area contributed by atoms with Crippen molar-refractivity contribution in [3.63, 3.8) is 0 Å². The molecule has 0 N–H and O–H groups in total. The maximum Gasteiger partial charge on any atom is 1.00 e. The number of benzene rings is 1. The summed E-state index contributed by atoms with van der Waals surface area (Å²) in [6.07, 6.45) is 0. The van der Waals surface area contributed by atoms with E-state index < -0.39 is 0 Å². The summed E-state index contributed by atoms with van der Waals surface area (Å²) >= 11 is 0. The molecule has 10 heavy (non-hydrogen) atoms. The van der Waals surface area contributed by atoms with Gasteiger partial charge >= 0.3 is 58.2 Å². The molecule has 0 saturated carbocycles. The van der Waals surface area contributed by atoms with E-state index in [9.17, 15) is 0 Å². The second kappa shape index (κ2) is 5.47. The van der Waals surface area contributed by atoms with Crippen LogP contribution in [0.4, 0.5) is 5.69 Å². The third-order valence-electron chi connectivity index (χ3n) is 1.29. The molecular weight excluding hydrogens is 196 g/mol. The summed E-state index contributed by atoms with van der Waals surface area (Å²) in [5.41, 5.74) is 2.32. The van der Waals surface area contributed by atoms with Crippen LogP contribution in [0.2, 0.25) is 0 Å². The number of nitrogens with zero attached hydrogens (tertiary/aromatic N) is 1. The number of aryl methyl sites for hydroxylation is 1. The Bertz CT molecular complexity index is 181. The molecule has 0 unspecified atom stereocenters. The number of rotatable bonds is 1. The topological polar surface area (TPSA) is 14.1 Å². The van der Waals surface area contributed by atoms with Crippen molar-refractivity contribution in [2.24, 2.45) is 0 Å². The van der Waals surface area contributed by atoms with Crippen LogP contribution in [-0.2, 0) is 0 Å². The molecule has 0 aliphatic heterocycles. The van der Waals surface area contributed by atoms with E-state index in [1.54, 1.807) is 7.05 Å². The summed E-state index contributed by atoms with van der Waals surface area (Å²) in [5.74, 6) is 0. The Morgan fingerprint density at radius 3 is 2.00 bits per heavy atom. The van der Waals surface area contributed by atoms with Crippen molar-refractivity contribution >= 4 is 5.69 Å². The fourth-order valence-corrected chi connectivity index (χ4v) is 0.694. The maximum absolute atomic E-state index is 4.01. The predicted molar refractivity (Wildman–Crippen MR) is 40.1 cm³/mol. The van der Waals surface area contributed by atoms with Crippen LogP contribution in [0.25, 0.3) is 5.32 Å². The molecule has 0 heterocycles. The summed E-state index contributed by atoms with van der Waals surface area (Å²) in [6, 6.07) is 8.13. The Labute approximate surface area is 111 Å². The van der Waals surface area contributed by atoms with Gasteiger partial charge in [0.2, 0.25) is 0 Å².